The predicted molar refractivity (Wildman–Crippen MR) is 91.0 cm³/mol. The fourth-order valence-electron chi connectivity index (χ4n) is 2.11. The Bertz CT molecular complexity index is 737. The third-order valence-electron chi connectivity index (χ3n) is 3.76. The number of nitrogens with zero attached hydrogens (tertiary/aromatic N) is 4. The van der Waals surface area contributed by atoms with Crippen molar-refractivity contribution in [2.24, 2.45) is 11.7 Å². The first-order valence-corrected chi connectivity index (χ1v) is 9.13. The number of aromatic nitrogens is 4. The van der Waals surface area contributed by atoms with Crippen molar-refractivity contribution in [3.63, 3.8) is 0 Å². The van der Waals surface area contributed by atoms with Gasteiger partial charge in [0.2, 0.25) is 4.96 Å². The lowest BCUT2D eigenvalue weighted by Crippen LogP contribution is -2.21. The van der Waals surface area contributed by atoms with Crippen LogP contribution in [0.5, 0.6) is 0 Å². The molecule has 2 aromatic heterocycles. The van der Waals surface area contributed by atoms with Gasteiger partial charge in [-0.25, -0.2) is 0 Å². The minimum Gasteiger partial charge on any atom is -0.321 e. The molecule has 0 fully saturated rings. The summed E-state index contributed by atoms with van der Waals surface area (Å²) in [4.78, 5) is 0.810. The third-order valence-corrected chi connectivity index (χ3v) is 5.86. The molecule has 0 amide bonds. The largest absolute Gasteiger partial charge is 0.321 e. The number of hydrogen-bond acceptors (Lipinski definition) is 6. The van der Waals surface area contributed by atoms with Crippen molar-refractivity contribution in [1.82, 2.24) is 19.8 Å². The minimum atomic E-state index is -0.130. The quantitative estimate of drug-likeness (QED) is 0.699. The summed E-state index contributed by atoms with van der Waals surface area (Å²) in [6, 6.07) is 10.2. The van der Waals surface area contributed by atoms with Crippen molar-refractivity contribution in [2.75, 3.05) is 0 Å². The van der Waals surface area contributed by atoms with Gasteiger partial charge in [-0.1, -0.05) is 73.7 Å². The average Bonchev–Trinajstić information content (AvgIpc) is 3.12. The van der Waals surface area contributed by atoms with E-state index >= 15 is 0 Å². The van der Waals surface area contributed by atoms with E-state index in [1.165, 1.54) is 5.56 Å². The molecule has 3 aromatic rings. The maximum absolute atomic E-state index is 6.27. The number of thioether (sulfide) groups is 1. The molecule has 1 aromatic carbocycles. The molecule has 0 spiro atoms. The van der Waals surface area contributed by atoms with Gasteiger partial charge in [-0.2, -0.15) is 4.52 Å². The highest BCUT2D eigenvalue weighted by Crippen LogP contribution is 2.29. The van der Waals surface area contributed by atoms with Crippen LogP contribution in [0.1, 0.15) is 37.7 Å². The molecule has 2 heterocycles. The smallest absolute Gasteiger partial charge is 0.235 e. The van der Waals surface area contributed by atoms with Gasteiger partial charge < -0.3 is 5.73 Å². The van der Waals surface area contributed by atoms with E-state index in [0.717, 1.165) is 27.3 Å². The molecule has 0 aliphatic rings. The maximum atomic E-state index is 6.27. The Labute approximate surface area is 137 Å². The zero-order chi connectivity index (χ0) is 15.5. The number of fused-ring (bicyclic) bond motifs is 1. The van der Waals surface area contributed by atoms with Crippen LogP contribution in [0.15, 0.2) is 34.7 Å². The highest BCUT2D eigenvalue weighted by molar-refractivity contribution is 8.00. The fraction of sp³-hybridized carbons (Fsp3) is 0.400. The van der Waals surface area contributed by atoms with Crippen molar-refractivity contribution in [3.05, 3.63) is 41.7 Å². The van der Waals surface area contributed by atoms with Crippen LogP contribution in [-0.2, 0) is 5.75 Å². The monoisotopic (exact) mass is 333 g/mol. The lowest BCUT2D eigenvalue weighted by atomic mass is 10.00. The molecule has 0 aliphatic carbocycles. The SMILES string of the molecule is CC[C@H](C)[C@H](N)c1nnc2sc(SCc3ccccc3)nn12. The standard InChI is InChI=1S/C15H19N5S2/c1-3-10(2)12(16)13-17-18-14-20(13)19-15(22-14)21-9-11-7-5-4-6-8-11/h4-8,10,12H,3,9,16H2,1-2H3/t10-,12-/m0/s1. The summed E-state index contributed by atoms with van der Waals surface area (Å²) >= 11 is 3.28. The van der Waals surface area contributed by atoms with Gasteiger partial charge in [-0.05, 0) is 11.5 Å². The van der Waals surface area contributed by atoms with Gasteiger partial charge in [0.05, 0.1) is 6.04 Å². The summed E-state index contributed by atoms with van der Waals surface area (Å²) in [6.07, 6.45) is 1.01. The second kappa shape index (κ2) is 6.76. The van der Waals surface area contributed by atoms with Gasteiger partial charge in [0.1, 0.15) is 0 Å². The number of hydrogen-bond donors (Lipinski definition) is 1. The van der Waals surface area contributed by atoms with Crippen LogP contribution in [0.4, 0.5) is 0 Å². The summed E-state index contributed by atoms with van der Waals surface area (Å²) in [5, 5.41) is 13.0. The van der Waals surface area contributed by atoms with E-state index in [1.54, 1.807) is 27.6 Å². The van der Waals surface area contributed by atoms with Crippen molar-refractivity contribution >= 4 is 28.1 Å². The van der Waals surface area contributed by atoms with E-state index in [0.29, 0.717) is 5.92 Å². The zero-order valence-corrected chi connectivity index (χ0v) is 14.3. The Balaban J connectivity index is 1.77. The normalized spacial score (nSPS) is 14.3. The Hall–Kier alpha value is -1.44. The van der Waals surface area contributed by atoms with E-state index in [2.05, 4.69) is 53.4 Å². The number of benzene rings is 1. The van der Waals surface area contributed by atoms with Crippen molar-refractivity contribution < 1.29 is 0 Å². The summed E-state index contributed by atoms with van der Waals surface area (Å²) in [6.45, 7) is 4.26. The van der Waals surface area contributed by atoms with Crippen molar-refractivity contribution in [1.29, 1.82) is 0 Å². The van der Waals surface area contributed by atoms with Gasteiger partial charge in [0.25, 0.3) is 0 Å². The second-order valence-electron chi connectivity index (χ2n) is 5.31. The molecule has 0 saturated heterocycles. The minimum absolute atomic E-state index is 0.130. The fourth-order valence-corrected chi connectivity index (χ4v) is 3.95. The molecule has 0 saturated carbocycles. The summed E-state index contributed by atoms with van der Waals surface area (Å²) in [5.74, 6) is 2.01. The highest BCUT2D eigenvalue weighted by atomic mass is 32.2. The molecule has 0 unspecified atom stereocenters. The van der Waals surface area contributed by atoms with Crippen LogP contribution < -0.4 is 5.73 Å². The molecular weight excluding hydrogens is 314 g/mol. The van der Waals surface area contributed by atoms with Crippen molar-refractivity contribution in [3.8, 4) is 0 Å². The average molecular weight is 333 g/mol. The van der Waals surface area contributed by atoms with Gasteiger partial charge in [0, 0.05) is 5.75 Å². The third kappa shape index (κ3) is 3.16. The first-order valence-electron chi connectivity index (χ1n) is 7.33. The molecule has 0 radical (unpaired) electrons. The zero-order valence-electron chi connectivity index (χ0n) is 12.6. The molecule has 0 aliphatic heterocycles. The molecule has 22 heavy (non-hydrogen) atoms. The topological polar surface area (TPSA) is 69.1 Å². The Morgan fingerprint density at radius 3 is 2.77 bits per heavy atom. The van der Waals surface area contributed by atoms with E-state index < -0.39 is 0 Å². The molecule has 2 atom stereocenters. The lowest BCUT2D eigenvalue weighted by Gasteiger charge is -2.15. The van der Waals surface area contributed by atoms with E-state index in [-0.39, 0.29) is 6.04 Å². The Kier molecular flexibility index (Phi) is 4.75. The van der Waals surface area contributed by atoms with Gasteiger partial charge in [-0.15, -0.1) is 15.3 Å². The van der Waals surface area contributed by atoms with E-state index in [1.807, 2.05) is 6.07 Å². The van der Waals surface area contributed by atoms with Gasteiger partial charge in [0.15, 0.2) is 10.2 Å². The second-order valence-corrected chi connectivity index (χ2v) is 7.48. The molecule has 116 valence electrons. The summed E-state index contributed by atoms with van der Waals surface area (Å²) < 4.78 is 2.79. The molecule has 7 heteroatoms. The lowest BCUT2D eigenvalue weighted by molar-refractivity contribution is 0.431. The molecule has 2 N–H and O–H groups in total. The maximum Gasteiger partial charge on any atom is 0.235 e. The van der Waals surface area contributed by atoms with E-state index in [9.17, 15) is 0 Å². The van der Waals surface area contributed by atoms with Crippen molar-refractivity contribution in [2.45, 2.75) is 36.4 Å². The highest BCUT2D eigenvalue weighted by Gasteiger charge is 2.21. The summed E-state index contributed by atoms with van der Waals surface area (Å²) in [5.41, 5.74) is 7.56. The molecule has 3 rings (SSSR count). The van der Waals surface area contributed by atoms with Crippen LogP contribution in [-0.4, -0.2) is 19.8 Å². The number of rotatable bonds is 6. The van der Waals surface area contributed by atoms with Crippen LogP contribution in [0.25, 0.3) is 4.96 Å². The van der Waals surface area contributed by atoms with Gasteiger partial charge >= 0.3 is 0 Å². The first-order chi connectivity index (χ1) is 10.7. The van der Waals surface area contributed by atoms with Gasteiger partial charge in [-0.3, -0.25) is 0 Å². The molecule has 0 bridgehead atoms. The van der Waals surface area contributed by atoms with Crippen LogP contribution in [0.2, 0.25) is 0 Å². The van der Waals surface area contributed by atoms with Crippen LogP contribution >= 0.6 is 23.1 Å². The summed E-state index contributed by atoms with van der Waals surface area (Å²) in [7, 11) is 0. The van der Waals surface area contributed by atoms with Crippen LogP contribution in [0, 0.1) is 5.92 Å². The Morgan fingerprint density at radius 2 is 2.05 bits per heavy atom. The predicted octanol–water partition coefficient (Wildman–Crippen LogP) is 3.52. The first kappa shape index (κ1) is 15.5. The molecule has 5 nitrogen and oxygen atoms in total. The molecular formula is C15H19N5S2. The van der Waals surface area contributed by atoms with E-state index in [4.69, 9.17) is 5.73 Å². The Morgan fingerprint density at radius 1 is 1.27 bits per heavy atom. The van der Waals surface area contributed by atoms with Crippen LogP contribution in [0.3, 0.4) is 0 Å². The number of nitrogens with two attached hydrogens (primary N) is 1.